The highest BCUT2D eigenvalue weighted by molar-refractivity contribution is 5.61. The van der Waals surface area contributed by atoms with Crippen molar-refractivity contribution >= 4 is 5.95 Å². The van der Waals surface area contributed by atoms with Crippen molar-refractivity contribution < 1.29 is 13.7 Å². The van der Waals surface area contributed by atoms with Crippen molar-refractivity contribution in [2.75, 3.05) is 18.5 Å². The first-order chi connectivity index (χ1) is 13.2. The molecule has 27 heavy (non-hydrogen) atoms. The smallest absolute Gasteiger partial charge is 0.222 e. The minimum absolute atomic E-state index is 0.0638. The zero-order valence-electron chi connectivity index (χ0n) is 15.1. The standard InChI is InChI=1S/C20H21FN4O2/c1-13-11-18(27-25-13)16-12-23-20(24-19(16)17-3-2-10-26-17)22-9-8-14-4-6-15(21)7-5-14/h4-7,11-12,17H,2-3,8-10H2,1H3,(H,22,23,24). The second kappa shape index (κ2) is 7.84. The predicted molar refractivity (Wildman–Crippen MR) is 98.8 cm³/mol. The van der Waals surface area contributed by atoms with Gasteiger partial charge in [0.2, 0.25) is 5.95 Å². The lowest BCUT2D eigenvalue weighted by atomic mass is 10.1. The monoisotopic (exact) mass is 368 g/mol. The summed E-state index contributed by atoms with van der Waals surface area (Å²) in [6.07, 6.45) is 4.38. The van der Waals surface area contributed by atoms with Gasteiger partial charge in [-0.25, -0.2) is 14.4 Å². The second-order valence-electron chi connectivity index (χ2n) is 6.63. The third-order valence-corrected chi connectivity index (χ3v) is 4.56. The average Bonchev–Trinajstić information content (AvgIpc) is 3.35. The Kier molecular flexibility index (Phi) is 5.11. The molecule has 0 spiro atoms. The number of nitrogens with one attached hydrogen (secondary N) is 1. The molecule has 0 aliphatic carbocycles. The van der Waals surface area contributed by atoms with Crippen molar-refractivity contribution in [3.63, 3.8) is 0 Å². The van der Waals surface area contributed by atoms with Crippen molar-refractivity contribution in [1.29, 1.82) is 0 Å². The van der Waals surface area contributed by atoms with Gasteiger partial charge in [0.25, 0.3) is 0 Å². The van der Waals surface area contributed by atoms with Crippen LogP contribution in [0.4, 0.5) is 10.3 Å². The fourth-order valence-corrected chi connectivity index (χ4v) is 3.17. The van der Waals surface area contributed by atoms with Crippen LogP contribution in [-0.4, -0.2) is 28.3 Å². The molecule has 0 amide bonds. The van der Waals surface area contributed by atoms with Crippen LogP contribution in [0.15, 0.2) is 41.1 Å². The SMILES string of the molecule is Cc1cc(-c2cnc(NCCc3ccc(F)cc3)nc2C2CCCO2)on1. The molecule has 3 heterocycles. The van der Waals surface area contributed by atoms with Gasteiger partial charge in [0.15, 0.2) is 5.76 Å². The molecule has 140 valence electrons. The molecule has 6 nitrogen and oxygen atoms in total. The summed E-state index contributed by atoms with van der Waals surface area (Å²) in [5.74, 6) is 0.966. The van der Waals surface area contributed by atoms with E-state index in [9.17, 15) is 4.39 Å². The molecule has 1 fully saturated rings. The van der Waals surface area contributed by atoms with Gasteiger partial charge < -0.3 is 14.6 Å². The summed E-state index contributed by atoms with van der Waals surface area (Å²) in [7, 11) is 0. The third-order valence-electron chi connectivity index (χ3n) is 4.56. The number of aryl methyl sites for hydroxylation is 1. The van der Waals surface area contributed by atoms with Crippen LogP contribution in [0.2, 0.25) is 0 Å². The number of halogens is 1. The number of rotatable bonds is 6. The molecule has 7 heteroatoms. The van der Waals surface area contributed by atoms with Gasteiger partial charge in [-0.05, 0) is 43.9 Å². The zero-order chi connectivity index (χ0) is 18.6. The lowest BCUT2D eigenvalue weighted by molar-refractivity contribution is 0.109. The van der Waals surface area contributed by atoms with E-state index in [0.29, 0.717) is 18.3 Å². The third kappa shape index (κ3) is 4.14. The van der Waals surface area contributed by atoms with E-state index in [0.717, 1.165) is 48.4 Å². The number of benzene rings is 1. The van der Waals surface area contributed by atoms with E-state index in [4.69, 9.17) is 14.2 Å². The molecule has 1 aromatic carbocycles. The zero-order valence-corrected chi connectivity index (χ0v) is 15.1. The molecular formula is C20H21FN4O2. The van der Waals surface area contributed by atoms with Gasteiger partial charge in [-0.1, -0.05) is 17.3 Å². The van der Waals surface area contributed by atoms with Crippen molar-refractivity contribution in [2.24, 2.45) is 0 Å². The van der Waals surface area contributed by atoms with Crippen molar-refractivity contribution in [3.8, 4) is 11.3 Å². The summed E-state index contributed by atoms with van der Waals surface area (Å²) in [5.41, 5.74) is 3.50. The molecule has 0 saturated carbocycles. The molecule has 1 aliphatic heterocycles. The Hall–Kier alpha value is -2.80. The van der Waals surface area contributed by atoms with Crippen LogP contribution in [0.5, 0.6) is 0 Å². The van der Waals surface area contributed by atoms with Crippen molar-refractivity contribution in [1.82, 2.24) is 15.1 Å². The molecule has 1 saturated heterocycles. The molecule has 0 bridgehead atoms. The number of ether oxygens (including phenoxy) is 1. The van der Waals surface area contributed by atoms with Gasteiger partial charge in [-0.2, -0.15) is 0 Å². The van der Waals surface area contributed by atoms with E-state index < -0.39 is 0 Å². The van der Waals surface area contributed by atoms with Gasteiger partial charge in [-0.15, -0.1) is 0 Å². The molecule has 4 rings (SSSR count). The maximum Gasteiger partial charge on any atom is 0.222 e. The minimum atomic E-state index is -0.227. The highest BCUT2D eigenvalue weighted by atomic mass is 19.1. The van der Waals surface area contributed by atoms with Crippen LogP contribution in [-0.2, 0) is 11.2 Å². The number of anilines is 1. The maximum absolute atomic E-state index is 13.0. The van der Waals surface area contributed by atoms with Crippen LogP contribution in [0, 0.1) is 12.7 Å². The summed E-state index contributed by atoms with van der Waals surface area (Å²) in [4.78, 5) is 9.11. The molecular weight excluding hydrogens is 347 g/mol. The van der Waals surface area contributed by atoms with E-state index in [1.54, 1.807) is 18.3 Å². The number of hydrogen-bond donors (Lipinski definition) is 1. The van der Waals surface area contributed by atoms with Crippen LogP contribution in [0.25, 0.3) is 11.3 Å². The summed E-state index contributed by atoms with van der Waals surface area (Å²) in [6, 6.07) is 8.37. The Morgan fingerprint density at radius 1 is 1.26 bits per heavy atom. The summed E-state index contributed by atoms with van der Waals surface area (Å²) < 4.78 is 24.2. The first kappa shape index (κ1) is 17.6. The highest BCUT2D eigenvalue weighted by Gasteiger charge is 2.25. The van der Waals surface area contributed by atoms with Crippen LogP contribution >= 0.6 is 0 Å². The van der Waals surface area contributed by atoms with Crippen LogP contribution < -0.4 is 5.32 Å². The van der Waals surface area contributed by atoms with E-state index in [-0.39, 0.29) is 11.9 Å². The predicted octanol–water partition coefficient (Wildman–Crippen LogP) is 4.09. The van der Waals surface area contributed by atoms with Gasteiger partial charge in [-0.3, -0.25) is 0 Å². The van der Waals surface area contributed by atoms with Gasteiger partial charge in [0, 0.05) is 25.4 Å². The lowest BCUT2D eigenvalue weighted by Crippen LogP contribution is -2.11. The molecule has 0 radical (unpaired) electrons. The van der Waals surface area contributed by atoms with Crippen LogP contribution in [0.3, 0.4) is 0 Å². The molecule has 1 atom stereocenters. The molecule has 3 aromatic rings. The quantitative estimate of drug-likeness (QED) is 0.707. The first-order valence-corrected chi connectivity index (χ1v) is 9.09. The molecule has 1 unspecified atom stereocenters. The summed E-state index contributed by atoms with van der Waals surface area (Å²) >= 11 is 0. The molecule has 2 aromatic heterocycles. The fraction of sp³-hybridized carbons (Fsp3) is 0.350. The first-order valence-electron chi connectivity index (χ1n) is 9.09. The molecule has 1 aliphatic rings. The van der Waals surface area contributed by atoms with E-state index in [1.807, 2.05) is 13.0 Å². The van der Waals surface area contributed by atoms with Crippen molar-refractivity contribution in [2.45, 2.75) is 32.3 Å². The Labute approximate surface area is 156 Å². The normalized spacial score (nSPS) is 16.6. The fourth-order valence-electron chi connectivity index (χ4n) is 3.17. The summed E-state index contributed by atoms with van der Waals surface area (Å²) in [6.45, 7) is 3.26. The van der Waals surface area contributed by atoms with E-state index >= 15 is 0 Å². The van der Waals surface area contributed by atoms with E-state index in [1.165, 1.54) is 12.1 Å². The van der Waals surface area contributed by atoms with Gasteiger partial charge >= 0.3 is 0 Å². The van der Waals surface area contributed by atoms with E-state index in [2.05, 4.69) is 15.5 Å². The van der Waals surface area contributed by atoms with Crippen LogP contribution in [0.1, 0.15) is 35.9 Å². The number of nitrogens with zero attached hydrogens (tertiary/aromatic N) is 3. The second-order valence-corrected chi connectivity index (χ2v) is 6.63. The summed E-state index contributed by atoms with van der Waals surface area (Å²) in [5, 5.41) is 7.20. The Morgan fingerprint density at radius 2 is 2.11 bits per heavy atom. The highest BCUT2D eigenvalue weighted by Crippen LogP contribution is 2.34. The van der Waals surface area contributed by atoms with Gasteiger partial charge in [0.05, 0.1) is 17.0 Å². The Bertz CT molecular complexity index is 905. The number of aromatic nitrogens is 3. The molecule has 1 N–H and O–H groups in total. The lowest BCUT2D eigenvalue weighted by Gasteiger charge is -2.14. The average molecular weight is 368 g/mol. The topological polar surface area (TPSA) is 73.1 Å². The minimum Gasteiger partial charge on any atom is -0.372 e. The van der Waals surface area contributed by atoms with Gasteiger partial charge in [0.1, 0.15) is 11.9 Å². The van der Waals surface area contributed by atoms with Crippen molar-refractivity contribution in [3.05, 3.63) is 59.3 Å². The Morgan fingerprint density at radius 3 is 2.81 bits per heavy atom. The maximum atomic E-state index is 13.0. The number of hydrogen-bond acceptors (Lipinski definition) is 6. The largest absolute Gasteiger partial charge is 0.372 e. The Balaban J connectivity index is 1.51.